The van der Waals surface area contributed by atoms with Gasteiger partial charge >= 0.3 is 5.97 Å². The standard InChI is InChI=1S/C19H23NO7S/c1-3-20(13-8-9-28(23,24)12-13)17(21)11-26-19(22)18-15(10-25-2)14-6-4-5-7-16(14)27-18/h4-7,13H,3,8-12H2,1-2H3/t13-/m1/s1. The third-order valence-corrected chi connectivity index (χ3v) is 6.56. The van der Waals surface area contributed by atoms with Crippen LogP contribution in [0.4, 0.5) is 0 Å². The number of amides is 1. The van der Waals surface area contributed by atoms with Gasteiger partial charge in [-0.3, -0.25) is 4.79 Å². The fourth-order valence-corrected chi connectivity index (χ4v) is 5.22. The molecule has 1 fully saturated rings. The third-order valence-electron chi connectivity index (χ3n) is 4.81. The number of nitrogens with zero attached hydrogens (tertiary/aromatic N) is 1. The van der Waals surface area contributed by atoms with Crippen LogP contribution in [-0.4, -0.2) is 63.0 Å². The van der Waals surface area contributed by atoms with Gasteiger partial charge in [-0.25, -0.2) is 13.2 Å². The highest BCUT2D eigenvalue weighted by Crippen LogP contribution is 2.27. The first-order chi connectivity index (χ1) is 13.4. The fraction of sp³-hybridized carbons (Fsp3) is 0.474. The van der Waals surface area contributed by atoms with Gasteiger partial charge in [0.1, 0.15) is 5.58 Å². The van der Waals surface area contributed by atoms with Gasteiger partial charge in [0.05, 0.1) is 18.1 Å². The van der Waals surface area contributed by atoms with Gasteiger partial charge in [-0.2, -0.15) is 0 Å². The molecule has 0 bridgehead atoms. The third kappa shape index (κ3) is 4.20. The van der Waals surface area contributed by atoms with E-state index in [9.17, 15) is 18.0 Å². The van der Waals surface area contributed by atoms with Crippen molar-refractivity contribution in [1.29, 1.82) is 0 Å². The summed E-state index contributed by atoms with van der Waals surface area (Å²) >= 11 is 0. The maximum atomic E-state index is 12.5. The molecule has 2 heterocycles. The highest BCUT2D eigenvalue weighted by Gasteiger charge is 2.34. The summed E-state index contributed by atoms with van der Waals surface area (Å²) in [7, 11) is -1.61. The number of hydrogen-bond donors (Lipinski definition) is 0. The van der Waals surface area contributed by atoms with Crippen molar-refractivity contribution in [2.24, 2.45) is 0 Å². The Labute approximate surface area is 163 Å². The number of benzene rings is 1. The number of fused-ring (bicyclic) bond motifs is 1. The number of likely N-dealkylation sites (N-methyl/N-ethyl adjacent to an activating group) is 1. The normalized spacial score (nSPS) is 18.3. The Kier molecular flexibility index (Phi) is 6.04. The van der Waals surface area contributed by atoms with E-state index in [1.165, 1.54) is 12.0 Å². The molecule has 1 saturated heterocycles. The first kappa shape index (κ1) is 20.3. The number of hydrogen-bond acceptors (Lipinski definition) is 7. The van der Waals surface area contributed by atoms with E-state index in [0.717, 1.165) is 5.39 Å². The minimum atomic E-state index is -3.12. The van der Waals surface area contributed by atoms with Gasteiger partial charge < -0.3 is 18.8 Å². The van der Waals surface area contributed by atoms with Crippen LogP contribution in [0.1, 0.15) is 29.5 Å². The molecule has 1 amide bonds. The maximum Gasteiger partial charge on any atom is 0.375 e. The molecule has 28 heavy (non-hydrogen) atoms. The van der Waals surface area contributed by atoms with Crippen LogP contribution in [-0.2, 0) is 30.7 Å². The molecule has 1 aliphatic heterocycles. The van der Waals surface area contributed by atoms with Crippen LogP contribution < -0.4 is 0 Å². The van der Waals surface area contributed by atoms with E-state index in [4.69, 9.17) is 13.9 Å². The van der Waals surface area contributed by atoms with Crippen molar-refractivity contribution >= 4 is 32.7 Å². The van der Waals surface area contributed by atoms with Gasteiger partial charge in [-0.1, -0.05) is 18.2 Å². The van der Waals surface area contributed by atoms with Gasteiger partial charge in [-0.05, 0) is 19.4 Å². The summed E-state index contributed by atoms with van der Waals surface area (Å²) in [6, 6.07) is 6.78. The van der Waals surface area contributed by atoms with Crippen LogP contribution >= 0.6 is 0 Å². The molecule has 0 saturated carbocycles. The van der Waals surface area contributed by atoms with E-state index in [1.807, 2.05) is 12.1 Å². The van der Waals surface area contributed by atoms with Gasteiger partial charge in [0.15, 0.2) is 16.4 Å². The van der Waals surface area contributed by atoms with Gasteiger partial charge in [0.2, 0.25) is 5.76 Å². The average molecular weight is 409 g/mol. The van der Waals surface area contributed by atoms with Crippen molar-refractivity contribution in [2.45, 2.75) is 26.0 Å². The minimum absolute atomic E-state index is 0.00217. The molecule has 9 heteroatoms. The first-order valence-electron chi connectivity index (χ1n) is 9.02. The lowest BCUT2D eigenvalue weighted by Crippen LogP contribution is -2.43. The van der Waals surface area contributed by atoms with Crippen LogP contribution in [0.15, 0.2) is 28.7 Å². The molecule has 152 valence electrons. The van der Waals surface area contributed by atoms with E-state index >= 15 is 0 Å². The second-order valence-corrected chi connectivity index (χ2v) is 8.88. The number of para-hydroxylation sites is 1. The zero-order chi connectivity index (χ0) is 20.3. The molecule has 0 spiro atoms. The van der Waals surface area contributed by atoms with Crippen molar-refractivity contribution in [3.8, 4) is 0 Å². The molecular weight excluding hydrogens is 386 g/mol. The Morgan fingerprint density at radius 2 is 2.04 bits per heavy atom. The predicted molar refractivity (Wildman–Crippen MR) is 102 cm³/mol. The number of rotatable bonds is 7. The molecule has 0 unspecified atom stereocenters. The van der Waals surface area contributed by atoms with Crippen molar-refractivity contribution in [3.63, 3.8) is 0 Å². The fourth-order valence-electron chi connectivity index (χ4n) is 3.49. The smallest absolute Gasteiger partial charge is 0.375 e. The van der Waals surface area contributed by atoms with Crippen LogP contribution in [0.2, 0.25) is 0 Å². The zero-order valence-electron chi connectivity index (χ0n) is 15.8. The van der Waals surface area contributed by atoms with E-state index < -0.39 is 28.3 Å². The summed E-state index contributed by atoms with van der Waals surface area (Å²) < 4.78 is 39.3. The second kappa shape index (κ2) is 8.32. The van der Waals surface area contributed by atoms with Crippen molar-refractivity contribution in [2.75, 3.05) is 31.8 Å². The molecule has 1 aliphatic rings. The minimum Gasteiger partial charge on any atom is -0.450 e. The Bertz CT molecular complexity index is 979. The molecule has 3 rings (SSSR count). The summed E-state index contributed by atoms with van der Waals surface area (Å²) in [5, 5.41) is 0.744. The maximum absolute atomic E-state index is 12.5. The van der Waals surface area contributed by atoms with E-state index in [2.05, 4.69) is 0 Å². The summed E-state index contributed by atoms with van der Waals surface area (Å²) in [6.07, 6.45) is 0.400. The van der Waals surface area contributed by atoms with E-state index in [0.29, 0.717) is 24.1 Å². The van der Waals surface area contributed by atoms with Crippen LogP contribution in [0, 0.1) is 0 Å². The summed E-state index contributed by atoms with van der Waals surface area (Å²) in [5.41, 5.74) is 1.09. The molecule has 0 radical (unpaired) electrons. The molecule has 8 nitrogen and oxygen atoms in total. The van der Waals surface area contributed by atoms with Crippen LogP contribution in [0.3, 0.4) is 0 Å². The highest BCUT2D eigenvalue weighted by atomic mass is 32.2. The first-order valence-corrected chi connectivity index (χ1v) is 10.8. The summed E-state index contributed by atoms with van der Waals surface area (Å²) in [5.74, 6) is -1.17. The van der Waals surface area contributed by atoms with Crippen molar-refractivity contribution in [3.05, 3.63) is 35.6 Å². The lowest BCUT2D eigenvalue weighted by atomic mass is 10.1. The molecule has 1 atom stereocenters. The van der Waals surface area contributed by atoms with Crippen molar-refractivity contribution in [1.82, 2.24) is 4.90 Å². The van der Waals surface area contributed by atoms with E-state index in [1.54, 1.807) is 19.1 Å². The number of carbonyl (C=O) groups is 2. The molecule has 1 aromatic carbocycles. The SMILES string of the molecule is CCN(C(=O)COC(=O)c1oc2ccccc2c1COC)[C@@H]1CCS(=O)(=O)C1. The lowest BCUT2D eigenvalue weighted by Gasteiger charge is -2.26. The van der Waals surface area contributed by atoms with E-state index in [-0.39, 0.29) is 29.9 Å². The number of furan rings is 1. The Morgan fingerprint density at radius 3 is 2.68 bits per heavy atom. The summed E-state index contributed by atoms with van der Waals surface area (Å²) in [6.45, 7) is 1.79. The average Bonchev–Trinajstić information content (AvgIpc) is 3.21. The zero-order valence-corrected chi connectivity index (χ0v) is 16.7. The largest absolute Gasteiger partial charge is 0.450 e. The second-order valence-electron chi connectivity index (χ2n) is 6.65. The number of methoxy groups -OCH3 is 1. The predicted octanol–water partition coefficient (Wildman–Crippen LogP) is 1.77. The summed E-state index contributed by atoms with van der Waals surface area (Å²) in [4.78, 5) is 26.5. The van der Waals surface area contributed by atoms with Crippen LogP contribution in [0.5, 0.6) is 0 Å². The number of carbonyl (C=O) groups excluding carboxylic acids is 2. The Morgan fingerprint density at radius 1 is 1.29 bits per heavy atom. The van der Waals surface area contributed by atoms with Gasteiger partial charge in [0, 0.05) is 30.6 Å². The van der Waals surface area contributed by atoms with Crippen LogP contribution in [0.25, 0.3) is 11.0 Å². The van der Waals surface area contributed by atoms with Gasteiger partial charge in [0.25, 0.3) is 5.91 Å². The number of esters is 1. The lowest BCUT2D eigenvalue weighted by molar-refractivity contribution is -0.136. The molecular formula is C19H23NO7S. The quantitative estimate of drug-likeness (QED) is 0.642. The number of ether oxygens (including phenoxy) is 2. The molecule has 2 aromatic rings. The monoisotopic (exact) mass is 409 g/mol. The molecule has 0 N–H and O–H groups in total. The topological polar surface area (TPSA) is 103 Å². The molecule has 0 aliphatic carbocycles. The van der Waals surface area contributed by atoms with Crippen molar-refractivity contribution < 1.29 is 31.9 Å². The Hall–Kier alpha value is -2.39. The number of sulfone groups is 1. The molecule has 1 aromatic heterocycles. The van der Waals surface area contributed by atoms with Gasteiger partial charge in [-0.15, -0.1) is 0 Å². The Balaban J connectivity index is 1.70. The highest BCUT2D eigenvalue weighted by molar-refractivity contribution is 7.91.